The number of sulfonamides is 1. The summed E-state index contributed by atoms with van der Waals surface area (Å²) in [5.74, 6) is -0.473. The summed E-state index contributed by atoms with van der Waals surface area (Å²) in [6.07, 6.45) is 1.53. The summed E-state index contributed by atoms with van der Waals surface area (Å²) in [5, 5.41) is 0. The Kier molecular flexibility index (Phi) is 3.86. The standard InChI is InChI=1S/C12H10BrFN2O2S/c1-8-7-9(14)4-5-11(8)19(17,18)16-10-3-2-6-15-12(10)13/h2-7,16H,1H3. The fourth-order valence-electron chi connectivity index (χ4n) is 1.58. The average Bonchev–Trinajstić information content (AvgIpc) is 2.31. The lowest BCUT2D eigenvalue weighted by molar-refractivity contribution is 0.598. The Morgan fingerprint density at radius 3 is 2.68 bits per heavy atom. The zero-order chi connectivity index (χ0) is 14.0. The average molecular weight is 345 g/mol. The maximum absolute atomic E-state index is 13.0. The number of aromatic nitrogens is 1. The number of nitrogens with one attached hydrogen (secondary N) is 1. The molecule has 0 saturated carbocycles. The fraction of sp³-hybridized carbons (Fsp3) is 0.0833. The SMILES string of the molecule is Cc1cc(F)ccc1S(=O)(=O)Nc1cccnc1Br. The van der Waals surface area contributed by atoms with Gasteiger partial charge in [0.05, 0.1) is 10.6 Å². The molecular formula is C12H10BrFN2O2S. The van der Waals surface area contributed by atoms with Crippen LogP contribution < -0.4 is 4.72 Å². The largest absolute Gasteiger partial charge is 0.277 e. The molecule has 2 aromatic rings. The maximum atomic E-state index is 13.0. The molecule has 2 rings (SSSR count). The highest BCUT2D eigenvalue weighted by molar-refractivity contribution is 9.10. The molecule has 100 valence electrons. The van der Waals surface area contributed by atoms with Gasteiger partial charge in [-0.25, -0.2) is 17.8 Å². The van der Waals surface area contributed by atoms with Crippen molar-refractivity contribution in [2.24, 2.45) is 0 Å². The van der Waals surface area contributed by atoms with Gasteiger partial charge >= 0.3 is 0 Å². The monoisotopic (exact) mass is 344 g/mol. The van der Waals surface area contributed by atoms with Crippen LogP contribution in [0.3, 0.4) is 0 Å². The molecule has 0 spiro atoms. The minimum atomic E-state index is -3.77. The van der Waals surface area contributed by atoms with Crippen LogP contribution in [0.5, 0.6) is 0 Å². The van der Waals surface area contributed by atoms with E-state index in [9.17, 15) is 12.8 Å². The van der Waals surface area contributed by atoms with Crippen LogP contribution in [0.15, 0.2) is 46.0 Å². The molecule has 0 saturated heterocycles. The summed E-state index contributed by atoms with van der Waals surface area (Å²) in [7, 11) is -3.77. The normalized spacial score (nSPS) is 11.3. The Labute approximate surface area is 118 Å². The Morgan fingerprint density at radius 1 is 1.32 bits per heavy atom. The van der Waals surface area contributed by atoms with E-state index in [0.717, 1.165) is 6.07 Å². The van der Waals surface area contributed by atoms with Crippen molar-refractivity contribution < 1.29 is 12.8 Å². The van der Waals surface area contributed by atoms with Crippen LogP contribution in [0.4, 0.5) is 10.1 Å². The topological polar surface area (TPSA) is 59.1 Å². The minimum Gasteiger partial charge on any atom is -0.277 e. The zero-order valence-corrected chi connectivity index (χ0v) is 12.3. The predicted molar refractivity (Wildman–Crippen MR) is 73.9 cm³/mol. The molecule has 0 unspecified atom stereocenters. The van der Waals surface area contributed by atoms with E-state index in [1.165, 1.54) is 25.3 Å². The second-order valence-electron chi connectivity index (χ2n) is 3.86. The molecule has 1 aromatic heterocycles. The Bertz CT molecular complexity index is 719. The molecule has 4 nitrogen and oxygen atoms in total. The van der Waals surface area contributed by atoms with Crippen LogP contribution in [0.1, 0.15) is 5.56 Å². The molecule has 1 heterocycles. The molecular weight excluding hydrogens is 335 g/mol. The first kappa shape index (κ1) is 14.0. The van der Waals surface area contributed by atoms with Gasteiger partial charge in [-0.1, -0.05) is 0 Å². The Balaban J connectivity index is 2.41. The van der Waals surface area contributed by atoms with Gasteiger partial charge in [0, 0.05) is 6.20 Å². The third-order valence-corrected chi connectivity index (χ3v) is 4.59. The van der Waals surface area contributed by atoms with Crippen LogP contribution in [0.25, 0.3) is 0 Å². The van der Waals surface area contributed by atoms with Gasteiger partial charge in [0.1, 0.15) is 10.4 Å². The van der Waals surface area contributed by atoms with Crippen molar-refractivity contribution in [3.8, 4) is 0 Å². The van der Waals surface area contributed by atoms with Crippen LogP contribution in [-0.2, 0) is 10.0 Å². The van der Waals surface area contributed by atoms with Gasteiger partial charge < -0.3 is 0 Å². The summed E-state index contributed by atoms with van der Waals surface area (Å²) in [4.78, 5) is 3.96. The van der Waals surface area contributed by atoms with Gasteiger partial charge in [-0.2, -0.15) is 0 Å². The first-order valence-electron chi connectivity index (χ1n) is 5.29. The molecule has 1 N–H and O–H groups in total. The third kappa shape index (κ3) is 3.10. The molecule has 0 amide bonds. The van der Waals surface area contributed by atoms with E-state index in [4.69, 9.17) is 0 Å². The van der Waals surface area contributed by atoms with Gasteiger partial charge in [-0.15, -0.1) is 0 Å². The number of rotatable bonds is 3. The summed E-state index contributed by atoms with van der Waals surface area (Å²) in [6.45, 7) is 1.54. The molecule has 0 bridgehead atoms. The van der Waals surface area contributed by atoms with Crippen LogP contribution in [0.2, 0.25) is 0 Å². The highest BCUT2D eigenvalue weighted by atomic mass is 79.9. The molecule has 19 heavy (non-hydrogen) atoms. The van der Waals surface area contributed by atoms with Crippen molar-refractivity contribution in [2.45, 2.75) is 11.8 Å². The number of hydrogen-bond donors (Lipinski definition) is 1. The molecule has 0 radical (unpaired) electrons. The van der Waals surface area contributed by atoms with E-state index in [0.29, 0.717) is 15.9 Å². The number of halogens is 2. The van der Waals surface area contributed by atoms with E-state index in [2.05, 4.69) is 25.6 Å². The summed E-state index contributed by atoms with van der Waals surface area (Å²) >= 11 is 3.15. The number of anilines is 1. The first-order valence-corrected chi connectivity index (χ1v) is 7.57. The highest BCUT2D eigenvalue weighted by Gasteiger charge is 2.18. The number of nitrogens with zero attached hydrogens (tertiary/aromatic N) is 1. The molecule has 1 aromatic carbocycles. The van der Waals surface area contributed by atoms with Gasteiger partial charge in [0.2, 0.25) is 0 Å². The molecule has 0 atom stereocenters. The van der Waals surface area contributed by atoms with E-state index in [1.54, 1.807) is 12.1 Å². The van der Waals surface area contributed by atoms with Crippen LogP contribution in [0, 0.1) is 12.7 Å². The smallest absolute Gasteiger partial charge is 0.262 e. The van der Waals surface area contributed by atoms with E-state index >= 15 is 0 Å². The summed E-state index contributed by atoms with van der Waals surface area (Å²) in [5.41, 5.74) is 0.665. The minimum absolute atomic E-state index is 0.0321. The van der Waals surface area contributed by atoms with Crippen molar-refractivity contribution >= 4 is 31.6 Å². The Morgan fingerprint density at radius 2 is 2.05 bits per heavy atom. The van der Waals surface area contributed by atoms with Crippen molar-refractivity contribution in [2.75, 3.05) is 4.72 Å². The molecule has 0 fully saturated rings. The van der Waals surface area contributed by atoms with Gasteiger partial charge in [-0.3, -0.25) is 4.72 Å². The highest BCUT2D eigenvalue weighted by Crippen LogP contribution is 2.24. The molecule has 0 aliphatic rings. The lowest BCUT2D eigenvalue weighted by atomic mass is 10.2. The van der Waals surface area contributed by atoms with Gasteiger partial charge in [0.15, 0.2) is 0 Å². The lowest BCUT2D eigenvalue weighted by Gasteiger charge is -2.11. The first-order chi connectivity index (χ1) is 8.90. The fourth-order valence-corrected chi connectivity index (χ4v) is 3.35. The summed E-state index contributed by atoms with van der Waals surface area (Å²) < 4.78 is 40.2. The van der Waals surface area contributed by atoms with E-state index in [1.807, 2.05) is 0 Å². The quantitative estimate of drug-likeness (QED) is 0.870. The number of hydrogen-bond acceptors (Lipinski definition) is 3. The number of pyridine rings is 1. The van der Waals surface area contributed by atoms with Crippen molar-refractivity contribution in [3.63, 3.8) is 0 Å². The number of benzene rings is 1. The van der Waals surface area contributed by atoms with Crippen molar-refractivity contribution in [3.05, 3.63) is 52.5 Å². The second kappa shape index (κ2) is 5.26. The Hall–Kier alpha value is -1.47. The van der Waals surface area contributed by atoms with E-state index in [-0.39, 0.29) is 4.90 Å². The van der Waals surface area contributed by atoms with Gasteiger partial charge in [0.25, 0.3) is 10.0 Å². The molecule has 0 aliphatic carbocycles. The zero-order valence-electron chi connectivity index (χ0n) is 9.89. The lowest BCUT2D eigenvalue weighted by Crippen LogP contribution is -2.15. The van der Waals surface area contributed by atoms with Crippen LogP contribution >= 0.6 is 15.9 Å². The molecule has 0 aliphatic heterocycles. The van der Waals surface area contributed by atoms with Crippen molar-refractivity contribution in [1.29, 1.82) is 0 Å². The predicted octanol–water partition coefficient (Wildman–Crippen LogP) is 3.09. The van der Waals surface area contributed by atoms with Gasteiger partial charge in [-0.05, 0) is 58.7 Å². The molecule has 7 heteroatoms. The maximum Gasteiger partial charge on any atom is 0.262 e. The van der Waals surface area contributed by atoms with Crippen molar-refractivity contribution in [1.82, 2.24) is 4.98 Å². The van der Waals surface area contributed by atoms with E-state index < -0.39 is 15.8 Å². The van der Waals surface area contributed by atoms with Crippen LogP contribution in [-0.4, -0.2) is 13.4 Å². The number of aryl methyl sites for hydroxylation is 1. The third-order valence-electron chi connectivity index (χ3n) is 2.43. The summed E-state index contributed by atoms with van der Waals surface area (Å²) in [6, 6.07) is 6.71. The second-order valence-corrected chi connectivity index (χ2v) is 6.26.